The van der Waals surface area contributed by atoms with E-state index in [0.717, 1.165) is 26.2 Å². The van der Waals surface area contributed by atoms with Crippen LogP contribution in [0.25, 0.3) is 0 Å². The normalized spacial score (nSPS) is 25.6. The summed E-state index contributed by atoms with van der Waals surface area (Å²) in [5.41, 5.74) is -2.49. The van der Waals surface area contributed by atoms with Crippen molar-refractivity contribution < 1.29 is 36.2 Å². The number of nitrogens with one attached hydrogen (secondary N) is 1. The van der Waals surface area contributed by atoms with Crippen molar-refractivity contribution in [2.75, 3.05) is 18.7 Å². The maximum absolute atomic E-state index is 14.4. The second kappa shape index (κ2) is 8.86. The third-order valence-electron chi connectivity index (χ3n) is 5.78. The number of halogens is 5. The van der Waals surface area contributed by atoms with Crippen LogP contribution in [-0.2, 0) is 9.53 Å². The monoisotopic (exact) mass is 476 g/mol. The summed E-state index contributed by atoms with van der Waals surface area (Å²) in [6, 6.07) is 4.93. The Morgan fingerprint density at radius 3 is 2.56 bits per heavy atom. The van der Waals surface area contributed by atoms with Crippen molar-refractivity contribution in [1.82, 2.24) is 4.98 Å². The minimum Gasteiger partial charge on any atom is -0.493 e. The largest absolute Gasteiger partial charge is 0.493 e. The van der Waals surface area contributed by atoms with Crippen LogP contribution in [0.3, 0.4) is 0 Å². The maximum Gasteiger partial charge on any atom is 0.417 e. The molecule has 1 aromatic carbocycles. The predicted molar refractivity (Wildman–Crippen MR) is 109 cm³/mol. The molecule has 1 aliphatic heterocycles. The van der Waals surface area contributed by atoms with Gasteiger partial charge < -0.3 is 14.8 Å². The second-order valence-electron chi connectivity index (χ2n) is 7.52. The molecule has 1 amide bonds. The number of rotatable bonds is 5. The topological polar surface area (TPSA) is 60.5 Å². The van der Waals surface area contributed by atoms with Crippen molar-refractivity contribution in [1.29, 1.82) is 0 Å². The van der Waals surface area contributed by atoms with Gasteiger partial charge in [-0.05, 0) is 31.4 Å². The summed E-state index contributed by atoms with van der Waals surface area (Å²) in [4.78, 5) is 17.1. The highest BCUT2D eigenvalue weighted by Gasteiger charge is 2.65. The summed E-state index contributed by atoms with van der Waals surface area (Å²) in [6.07, 6.45) is -3.26. The van der Waals surface area contributed by atoms with Crippen LogP contribution in [0.5, 0.6) is 5.75 Å². The number of benzene rings is 1. The summed E-state index contributed by atoms with van der Waals surface area (Å²) >= 11 is 1.31. The molecule has 1 aromatic heterocycles. The van der Waals surface area contributed by atoms with Gasteiger partial charge in [-0.1, -0.05) is 13.0 Å². The number of amides is 1. The Bertz CT molecular complexity index is 1020. The van der Waals surface area contributed by atoms with Crippen LogP contribution >= 0.6 is 11.8 Å². The summed E-state index contributed by atoms with van der Waals surface area (Å²) < 4.78 is 80.2. The highest BCUT2D eigenvalue weighted by atomic mass is 32.2. The number of thioether (sulfide) groups is 1. The molecule has 1 N–H and O–H groups in total. The zero-order chi connectivity index (χ0) is 23.8. The van der Waals surface area contributed by atoms with Gasteiger partial charge in [0.2, 0.25) is 5.82 Å². The summed E-state index contributed by atoms with van der Waals surface area (Å²) in [6.45, 7) is 2.09. The van der Waals surface area contributed by atoms with Crippen molar-refractivity contribution in [2.24, 2.45) is 5.92 Å². The number of carbonyl (C=O) groups is 1. The van der Waals surface area contributed by atoms with Gasteiger partial charge in [0.15, 0.2) is 17.2 Å². The lowest BCUT2D eigenvalue weighted by Gasteiger charge is -2.32. The Morgan fingerprint density at radius 1 is 1.28 bits per heavy atom. The molecule has 0 bridgehead atoms. The Balaban J connectivity index is 2.07. The minimum absolute atomic E-state index is 0.0912. The molecule has 1 unspecified atom stereocenters. The van der Waals surface area contributed by atoms with Crippen molar-refractivity contribution in [3.05, 3.63) is 47.7 Å². The molecule has 0 saturated carbocycles. The molecule has 2 aromatic rings. The van der Waals surface area contributed by atoms with Gasteiger partial charge >= 0.3 is 6.18 Å². The number of hydrogen-bond acceptors (Lipinski definition) is 5. The molecule has 1 fully saturated rings. The molecule has 11 heteroatoms. The molecule has 32 heavy (non-hydrogen) atoms. The zero-order valence-corrected chi connectivity index (χ0v) is 18.4. The van der Waals surface area contributed by atoms with Crippen LogP contribution in [0.2, 0.25) is 0 Å². The van der Waals surface area contributed by atoms with Gasteiger partial charge in [0.1, 0.15) is 6.10 Å². The van der Waals surface area contributed by atoms with E-state index in [1.165, 1.54) is 30.9 Å². The molecule has 1 saturated heterocycles. The van der Waals surface area contributed by atoms with Crippen LogP contribution in [0.15, 0.2) is 35.5 Å². The lowest BCUT2D eigenvalue weighted by Crippen LogP contribution is -2.47. The number of hydrogen-bond donors (Lipinski definition) is 1. The molecule has 1 aliphatic rings. The van der Waals surface area contributed by atoms with Crippen LogP contribution in [0.4, 0.5) is 27.6 Å². The first-order chi connectivity index (χ1) is 14.9. The summed E-state index contributed by atoms with van der Waals surface area (Å²) in [5.74, 6) is -6.60. The van der Waals surface area contributed by atoms with Crippen molar-refractivity contribution in [3.63, 3.8) is 0 Å². The molecule has 0 radical (unpaired) electrons. The van der Waals surface area contributed by atoms with Crippen molar-refractivity contribution >= 4 is 23.4 Å². The van der Waals surface area contributed by atoms with Crippen molar-refractivity contribution in [2.45, 2.75) is 42.7 Å². The number of anilines is 1. The number of carbonyl (C=O) groups excluding carboxylic acids is 1. The SMILES string of the molecule is COc1c([C@H]2C(C(=O)Nc3ccnc(SC)c3)O[C@@](C)(C(F)(F)F)[C@H]2C)ccc(F)c1F. The number of aromatic nitrogens is 1. The molecule has 3 rings (SSSR count). The highest BCUT2D eigenvalue weighted by molar-refractivity contribution is 7.98. The van der Waals surface area contributed by atoms with E-state index in [1.54, 1.807) is 12.3 Å². The third-order valence-corrected chi connectivity index (χ3v) is 6.42. The average molecular weight is 476 g/mol. The number of methoxy groups -OCH3 is 1. The third kappa shape index (κ3) is 4.15. The minimum atomic E-state index is -4.83. The predicted octanol–water partition coefficient (Wildman–Crippen LogP) is 5.17. The van der Waals surface area contributed by atoms with Crippen LogP contribution in [-0.4, -0.2) is 42.1 Å². The smallest absolute Gasteiger partial charge is 0.417 e. The van der Waals surface area contributed by atoms with Gasteiger partial charge in [-0.3, -0.25) is 4.79 Å². The summed E-state index contributed by atoms with van der Waals surface area (Å²) in [5, 5.41) is 3.12. The Morgan fingerprint density at radius 2 is 1.97 bits per heavy atom. The van der Waals surface area contributed by atoms with Gasteiger partial charge in [-0.2, -0.15) is 17.6 Å². The van der Waals surface area contributed by atoms with Crippen molar-refractivity contribution in [3.8, 4) is 5.75 Å². The molecule has 0 aliphatic carbocycles. The van der Waals surface area contributed by atoms with E-state index >= 15 is 0 Å². The van der Waals surface area contributed by atoms with E-state index < -0.39 is 53.0 Å². The number of ether oxygens (including phenoxy) is 2. The zero-order valence-electron chi connectivity index (χ0n) is 17.6. The second-order valence-corrected chi connectivity index (χ2v) is 8.34. The van der Waals surface area contributed by atoms with Gasteiger partial charge in [-0.15, -0.1) is 11.8 Å². The first kappa shape index (κ1) is 24.2. The van der Waals surface area contributed by atoms with E-state index in [2.05, 4.69) is 10.3 Å². The van der Waals surface area contributed by atoms with Gasteiger partial charge in [-0.25, -0.2) is 9.37 Å². The van der Waals surface area contributed by atoms with E-state index in [1.807, 2.05) is 0 Å². The fourth-order valence-corrected chi connectivity index (χ4v) is 4.26. The first-order valence-electron chi connectivity index (χ1n) is 9.52. The lowest BCUT2D eigenvalue weighted by atomic mass is 9.77. The standard InChI is InChI=1S/C21H21F5N2O3S/c1-10-15(12-5-6-13(22)16(23)17(12)30-3)18(31-20(10,2)21(24,25)26)19(29)28-11-7-8-27-14(9-11)32-4/h5-10,15,18H,1-4H3,(H,27,28,29)/t10-,15-,18?,20+/m0/s1. The molecule has 2 heterocycles. The fourth-order valence-electron chi connectivity index (χ4n) is 3.85. The Labute approximate surface area is 185 Å². The fraction of sp³-hybridized carbons (Fsp3) is 0.429. The maximum atomic E-state index is 14.4. The molecular weight excluding hydrogens is 455 g/mol. The Hall–Kier alpha value is -2.40. The molecule has 174 valence electrons. The van der Waals surface area contributed by atoms with E-state index in [9.17, 15) is 26.7 Å². The van der Waals surface area contributed by atoms with E-state index in [0.29, 0.717) is 10.7 Å². The van der Waals surface area contributed by atoms with Gasteiger partial charge in [0.25, 0.3) is 5.91 Å². The van der Waals surface area contributed by atoms with Crippen LogP contribution < -0.4 is 10.1 Å². The summed E-state index contributed by atoms with van der Waals surface area (Å²) in [7, 11) is 1.07. The average Bonchev–Trinajstić information content (AvgIpc) is 3.02. The van der Waals surface area contributed by atoms with Gasteiger partial charge in [0.05, 0.1) is 12.1 Å². The van der Waals surface area contributed by atoms with Gasteiger partial charge in [0, 0.05) is 29.3 Å². The molecule has 0 spiro atoms. The molecular formula is C21H21F5N2O3S. The molecule has 5 nitrogen and oxygen atoms in total. The Kier molecular flexibility index (Phi) is 6.71. The first-order valence-corrected chi connectivity index (χ1v) is 10.7. The van der Waals surface area contributed by atoms with Crippen LogP contribution in [0, 0.1) is 17.6 Å². The lowest BCUT2D eigenvalue weighted by molar-refractivity contribution is -0.272. The number of alkyl halides is 3. The quantitative estimate of drug-likeness (QED) is 0.477. The number of nitrogens with zero attached hydrogens (tertiary/aromatic N) is 1. The number of pyridine rings is 1. The van der Waals surface area contributed by atoms with E-state index in [4.69, 9.17) is 9.47 Å². The van der Waals surface area contributed by atoms with E-state index in [-0.39, 0.29) is 5.56 Å². The molecule has 4 atom stereocenters. The van der Waals surface area contributed by atoms with Crippen LogP contribution in [0.1, 0.15) is 25.3 Å². The highest BCUT2D eigenvalue weighted by Crippen LogP contribution is 2.55.